The van der Waals surface area contributed by atoms with E-state index in [2.05, 4.69) is 16.0 Å². The van der Waals surface area contributed by atoms with Gasteiger partial charge in [-0.2, -0.15) is 0 Å². The number of hydrogen-bond acceptors (Lipinski definition) is 3. The fourth-order valence-electron chi connectivity index (χ4n) is 3.05. The third kappa shape index (κ3) is 4.45. The molecule has 1 saturated heterocycles. The molecule has 0 saturated carbocycles. The number of carbonyl (C=O) groups excluding carboxylic acids is 2. The SMILES string of the molecule is Cc1c(NC(=O)CC2CCCN2)cccc1NC(=O)c1ccccc1. The zero-order chi connectivity index (χ0) is 17.6. The molecule has 1 aliphatic rings. The van der Waals surface area contributed by atoms with Gasteiger partial charge in [0.05, 0.1) is 0 Å². The Hall–Kier alpha value is -2.66. The van der Waals surface area contributed by atoms with Crippen LogP contribution in [0.15, 0.2) is 48.5 Å². The second-order valence-corrected chi connectivity index (χ2v) is 6.34. The van der Waals surface area contributed by atoms with Gasteiger partial charge in [0.2, 0.25) is 5.91 Å². The summed E-state index contributed by atoms with van der Waals surface area (Å²) in [5.74, 6) is -0.170. The summed E-state index contributed by atoms with van der Waals surface area (Å²) in [7, 11) is 0. The predicted molar refractivity (Wildman–Crippen MR) is 99.8 cm³/mol. The molecule has 5 heteroatoms. The van der Waals surface area contributed by atoms with E-state index >= 15 is 0 Å². The van der Waals surface area contributed by atoms with Gasteiger partial charge in [0.25, 0.3) is 5.91 Å². The lowest BCUT2D eigenvalue weighted by atomic mass is 10.1. The number of rotatable bonds is 5. The number of benzene rings is 2. The Balaban J connectivity index is 1.67. The van der Waals surface area contributed by atoms with Crippen molar-refractivity contribution >= 4 is 23.2 Å². The molecular formula is C20H23N3O2. The fourth-order valence-corrected chi connectivity index (χ4v) is 3.05. The topological polar surface area (TPSA) is 70.2 Å². The van der Waals surface area contributed by atoms with Crippen LogP contribution >= 0.6 is 0 Å². The molecule has 5 nitrogen and oxygen atoms in total. The summed E-state index contributed by atoms with van der Waals surface area (Å²) >= 11 is 0. The van der Waals surface area contributed by atoms with E-state index < -0.39 is 0 Å². The van der Waals surface area contributed by atoms with Crippen LogP contribution in [0, 0.1) is 6.92 Å². The predicted octanol–water partition coefficient (Wildman–Crippen LogP) is 3.33. The van der Waals surface area contributed by atoms with Crippen molar-refractivity contribution in [3.05, 3.63) is 59.7 Å². The standard InChI is InChI=1S/C20H23N3O2/c1-14-17(22-19(24)13-16-9-6-12-21-16)10-5-11-18(14)23-20(25)15-7-3-2-4-8-15/h2-5,7-8,10-11,16,21H,6,9,12-13H2,1H3,(H,22,24)(H,23,25). The molecule has 0 aliphatic carbocycles. The van der Waals surface area contributed by atoms with Crippen molar-refractivity contribution in [1.29, 1.82) is 0 Å². The van der Waals surface area contributed by atoms with Crippen LogP contribution in [0.3, 0.4) is 0 Å². The Morgan fingerprint density at radius 3 is 2.44 bits per heavy atom. The van der Waals surface area contributed by atoms with Crippen molar-refractivity contribution < 1.29 is 9.59 Å². The first-order chi connectivity index (χ1) is 12.1. The molecule has 1 aliphatic heterocycles. The molecule has 1 unspecified atom stereocenters. The molecule has 0 radical (unpaired) electrons. The van der Waals surface area contributed by atoms with Gasteiger partial charge in [-0.15, -0.1) is 0 Å². The lowest BCUT2D eigenvalue weighted by molar-refractivity contribution is -0.116. The van der Waals surface area contributed by atoms with Crippen LogP contribution in [0.1, 0.15) is 35.2 Å². The first kappa shape index (κ1) is 17.2. The molecule has 2 aromatic carbocycles. The smallest absolute Gasteiger partial charge is 0.255 e. The summed E-state index contributed by atoms with van der Waals surface area (Å²) in [6.45, 7) is 2.88. The largest absolute Gasteiger partial charge is 0.326 e. The summed E-state index contributed by atoms with van der Waals surface area (Å²) in [5, 5.41) is 9.20. The molecule has 0 aromatic heterocycles. The maximum Gasteiger partial charge on any atom is 0.255 e. The van der Waals surface area contributed by atoms with Gasteiger partial charge >= 0.3 is 0 Å². The van der Waals surface area contributed by atoms with Crippen LogP contribution in [-0.4, -0.2) is 24.4 Å². The highest BCUT2D eigenvalue weighted by molar-refractivity contribution is 6.05. The first-order valence-electron chi connectivity index (χ1n) is 8.63. The Morgan fingerprint density at radius 2 is 1.76 bits per heavy atom. The average molecular weight is 337 g/mol. The molecule has 0 spiro atoms. The second-order valence-electron chi connectivity index (χ2n) is 6.34. The average Bonchev–Trinajstić information content (AvgIpc) is 3.12. The van der Waals surface area contributed by atoms with Gasteiger partial charge in [-0.25, -0.2) is 0 Å². The number of hydrogen-bond donors (Lipinski definition) is 3. The molecule has 0 bridgehead atoms. The third-order valence-electron chi connectivity index (χ3n) is 4.49. The molecule has 1 fully saturated rings. The Labute approximate surface area is 147 Å². The van der Waals surface area contributed by atoms with E-state index in [4.69, 9.17) is 0 Å². The van der Waals surface area contributed by atoms with Crippen molar-refractivity contribution in [2.75, 3.05) is 17.2 Å². The van der Waals surface area contributed by atoms with Gasteiger partial charge in [-0.1, -0.05) is 24.3 Å². The highest BCUT2D eigenvalue weighted by atomic mass is 16.2. The number of amides is 2. The van der Waals surface area contributed by atoms with Crippen molar-refractivity contribution in [2.45, 2.75) is 32.2 Å². The zero-order valence-corrected chi connectivity index (χ0v) is 14.3. The van der Waals surface area contributed by atoms with Gasteiger partial charge in [0.15, 0.2) is 0 Å². The van der Waals surface area contributed by atoms with Crippen LogP contribution in [0.25, 0.3) is 0 Å². The monoisotopic (exact) mass is 337 g/mol. The molecule has 2 amide bonds. The van der Waals surface area contributed by atoms with Gasteiger partial charge < -0.3 is 16.0 Å². The summed E-state index contributed by atoms with van der Waals surface area (Å²) in [4.78, 5) is 24.6. The number of nitrogens with one attached hydrogen (secondary N) is 3. The minimum atomic E-state index is -0.165. The lowest BCUT2D eigenvalue weighted by Gasteiger charge is -2.15. The molecule has 1 heterocycles. The van der Waals surface area contributed by atoms with Gasteiger partial charge in [0.1, 0.15) is 0 Å². The van der Waals surface area contributed by atoms with Gasteiger partial charge in [0, 0.05) is 29.4 Å². The maximum atomic E-state index is 12.3. The number of carbonyl (C=O) groups is 2. The van der Waals surface area contributed by atoms with E-state index in [1.807, 2.05) is 43.3 Å². The second kappa shape index (κ2) is 7.94. The minimum absolute atomic E-state index is 0.00552. The molecule has 130 valence electrons. The van der Waals surface area contributed by atoms with E-state index in [1.54, 1.807) is 12.1 Å². The minimum Gasteiger partial charge on any atom is -0.326 e. The quantitative estimate of drug-likeness (QED) is 0.784. The highest BCUT2D eigenvalue weighted by Crippen LogP contribution is 2.24. The number of anilines is 2. The summed E-state index contributed by atoms with van der Waals surface area (Å²) in [5.41, 5.74) is 2.88. The molecule has 3 rings (SSSR count). The van der Waals surface area contributed by atoms with E-state index in [-0.39, 0.29) is 17.9 Å². The van der Waals surface area contributed by atoms with E-state index in [1.165, 1.54) is 0 Å². The maximum absolute atomic E-state index is 12.3. The van der Waals surface area contributed by atoms with Gasteiger partial charge in [-0.05, 0) is 56.1 Å². The first-order valence-corrected chi connectivity index (χ1v) is 8.63. The fraction of sp³-hybridized carbons (Fsp3) is 0.300. The Morgan fingerprint density at radius 1 is 1.04 bits per heavy atom. The van der Waals surface area contributed by atoms with Crippen LogP contribution in [0.2, 0.25) is 0 Å². The van der Waals surface area contributed by atoms with E-state index in [0.717, 1.165) is 30.6 Å². The third-order valence-corrected chi connectivity index (χ3v) is 4.49. The summed E-state index contributed by atoms with van der Waals surface area (Å²) in [6.07, 6.45) is 2.64. The van der Waals surface area contributed by atoms with E-state index in [9.17, 15) is 9.59 Å². The van der Waals surface area contributed by atoms with Crippen LogP contribution in [0.5, 0.6) is 0 Å². The summed E-state index contributed by atoms with van der Waals surface area (Å²) < 4.78 is 0. The molecule has 1 atom stereocenters. The molecule has 25 heavy (non-hydrogen) atoms. The normalized spacial score (nSPS) is 16.4. The Kier molecular flexibility index (Phi) is 5.46. The molecule has 3 N–H and O–H groups in total. The van der Waals surface area contributed by atoms with Crippen LogP contribution in [-0.2, 0) is 4.79 Å². The van der Waals surface area contributed by atoms with Crippen LogP contribution in [0.4, 0.5) is 11.4 Å². The Bertz CT molecular complexity index is 753. The zero-order valence-electron chi connectivity index (χ0n) is 14.3. The van der Waals surface area contributed by atoms with Crippen LogP contribution < -0.4 is 16.0 Å². The van der Waals surface area contributed by atoms with E-state index in [0.29, 0.717) is 17.7 Å². The van der Waals surface area contributed by atoms with Crippen molar-refractivity contribution in [1.82, 2.24) is 5.32 Å². The van der Waals surface area contributed by atoms with Gasteiger partial charge in [-0.3, -0.25) is 9.59 Å². The molecule has 2 aromatic rings. The summed E-state index contributed by atoms with van der Waals surface area (Å²) in [6, 6.07) is 14.9. The van der Waals surface area contributed by atoms with Crippen molar-refractivity contribution in [3.63, 3.8) is 0 Å². The van der Waals surface area contributed by atoms with Crippen molar-refractivity contribution in [3.8, 4) is 0 Å². The highest BCUT2D eigenvalue weighted by Gasteiger charge is 2.18. The lowest BCUT2D eigenvalue weighted by Crippen LogP contribution is -2.27. The van der Waals surface area contributed by atoms with Crippen molar-refractivity contribution in [2.24, 2.45) is 0 Å². The molecular weight excluding hydrogens is 314 g/mol.